The number of halogens is 1. The third-order valence-corrected chi connectivity index (χ3v) is 7.96. The maximum atomic E-state index is 12.6. The Balaban J connectivity index is 0.000000369. The van der Waals surface area contributed by atoms with Gasteiger partial charge in [0.2, 0.25) is 17.5 Å². The fourth-order valence-corrected chi connectivity index (χ4v) is 5.83. The fraction of sp³-hybridized carbons (Fsp3) is 0.500. The second kappa shape index (κ2) is 9.24. The minimum absolute atomic E-state index is 0.112. The first-order valence-corrected chi connectivity index (χ1v) is 10.7. The topological polar surface area (TPSA) is 84.9 Å². The van der Waals surface area contributed by atoms with E-state index in [0.717, 1.165) is 0 Å². The van der Waals surface area contributed by atoms with E-state index >= 15 is 0 Å². The van der Waals surface area contributed by atoms with Crippen molar-refractivity contribution in [2.24, 2.45) is 0 Å². The summed E-state index contributed by atoms with van der Waals surface area (Å²) in [7, 11) is 1.40. The number of esters is 1. The second-order valence-corrected chi connectivity index (χ2v) is 8.73. The summed E-state index contributed by atoms with van der Waals surface area (Å²) in [6, 6.07) is 12.0. The first kappa shape index (κ1) is 22.0. The van der Waals surface area contributed by atoms with Gasteiger partial charge in [-0.3, -0.25) is 14.5 Å². The minimum Gasteiger partial charge on any atom is -0.435 e. The Bertz CT molecular complexity index is 665. The second-order valence-electron chi connectivity index (χ2n) is 6.29. The predicted octanol–water partition coefficient (Wildman–Crippen LogP) is 2.15. The molecule has 1 N–H and O–H groups in total. The molecule has 2 aliphatic rings. The Kier molecular flexibility index (Phi) is 7.52. The number of ether oxygens (including phenoxy) is 2. The highest BCUT2D eigenvalue weighted by atomic mass is 127. The zero-order chi connectivity index (χ0) is 20.1. The molecule has 7 nitrogen and oxygen atoms in total. The monoisotopic (exact) mass is 506 g/mol. The van der Waals surface area contributed by atoms with Gasteiger partial charge in [-0.25, -0.2) is 4.79 Å². The van der Waals surface area contributed by atoms with E-state index < -0.39 is 16.4 Å². The van der Waals surface area contributed by atoms with Crippen molar-refractivity contribution in [3.05, 3.63) is 36.4 Å². The summed E-state index contributed by atoms with van der Waals surface area (Å²) in [5.41, 5.74) is -1.48. The molecule has 0 bridgehead atoms. The zero-order valence-electron chi connectivity index (χ0n) is 15.4. The lowest BCUT2D eigenvalue weighted by Crippen LogP contribution is -2.76. The Morgan fingerprint density at radius 1 is 1.30 bits per heavy atom. The molecule has 3 rings (SSSR count). The van der Waals surface area contributed by atoms with Gasteiger partial charge in [-0.2, -0.15) is 0 Å². The van der Waals surface area contributed by atoms with Crippen molar-refractivity contribution in [3.63, 3.8) is 0 Å². The van der Waals surface area contributed by atoms with E-state index in [0.29, 0.717) is 10.8 Å². The van der Waals surface area contributed by atoms with Gasteiger partial charge in [0.15, 0.2) is 6.79 Å². The largest absolute Gasteiger partial charge is 0.435 e. The molecule has 0 aromatic heterocycles. The van der Waals surface area contributed by atoms with Gasteiger partial charge in [-0.15, -0.1) is 11.8 Å². The average Bonchev–Trinajstić information content (AvgIpc) is 2.85. The number of benzene rings is 1. The van der Waals surface area contributed by atoms with E-state index in [-0.39, 0.29) is 24.0 Å². The normalized spacial score (nSPS) is 28.4. The number of carbonyl (C=O) groups is 3. The van der Waals surface area contributed by atoms with Crippen LogP contribution in [0.5, 0.6) is 0 Å². The fourth-order valence-electron chi connectivity index (χ4n) is 3.07. The van der Waals surface area contributed by atoms with Crippen LogP contribution < -0.4 is 5.32 Å². The van der Waals surface area contributed by atoms with Gasteiger partial charge in [0, 0.05) is 18.5 Å². The molecule has 1 aromatic rings. The summed E-state index contributed by atoms with van der Waals surface area (Å²) in [5, 5.41) is 2.57. The number of nitrogens with one attached hydrogen (secondary N) is 1. The van der Waals surface area contributed by atoms with E-state index in [1.54, 1.807) is 0 Å². The van der Waals surface area contributed by atoms with E-state index in [1.165, 1.54) is 30.7 Å². The molecule has 0 radical (unpaired) electrons. The number of methoxy groups -OCH3 is 1. The van der Waals surface area contributed by atoms with Gasteiger partial charge in [0.1, 0.15) is 0 Å². The highest BCUT2D eigenvalue weighted by Gasteiger charge is 2.72. The SMILES string of the molecule is COCOC(=O)C1(NC(C)=O)N2C(=O)C[C@H]2SC1(C)CI.c1ccccc1. The number of thioether (sulfide) groups is 1. The van der Waals surface area contributed by atoms with Crippen molar-refractivity contribution in [2.75, 3.05) is 18.3 Å². The van der Waals surface area contributed by atoms with Crippen molar-refractivity contribution in [1.29, 1.82) is 0 Å². The molecule has 3 atom stereocenters. The molecule has 2 unspecified atom stereocenters. The molecule has 0 spiro atoms. The average molecular weight is 506 g/mol. The zero-order valence-corrected chi connectivity index (χ0v) is 18.4. The molecule has 0 aliphatic carbocycles. The first-order valence-electron chi connectivity index (χ1n) is 8.33. The number of carbonyl (C=O) groups excluding carboxylic acids is 3. The lowest BCUT2D eigenvalue weighted by molar-refractivity contribution is -0.184. The molecule has 2 saturated heterocycles. The van der Waals surface area contributed by atoms with Crippen molar-refractivity contribution in [2.45, 2.75) is 36.1 Å². The van der Waals surface area contributed by atoms with Gasteiger partial charge in [-0.1, -0.05) is 59.0 Å². The number of hydrogen-bond donors (Lipinski definition) is 1. The third-order valence-electron chi connectivity index (χ3n) is 4.31. The molecule has 0 saturated carbocycles. The molecule has 148 valence electrons. The Morgan fingerprint density at radius 3 is 2.26 bits per heavy atom. The maximum Gasteiger partial charge on any atom is 0.356 e. The standard InChI is InChI=1S/C12H17IN2O5S.C6H6/c1-7(16)14-12(10(18)20-6-19-3)11(2,5-13)21-9-4-8(17)15(9)12;1-2-4-6-5-3-1/h9H,4-6H2,1-3H3,(H,14,16);1-6H/t9-,11?,12?;/m1./s1. The molecule has 2 aliphatic heterocycles. The van der Waals surface area contributed by atoms with Crippen molar-refractivity contribution < 1.29 is 23.9 Å². The smallest absolute Gasteiger partial charge is 0.356 e. The Hall–Kier alpha value is -1.33. The highest BCUT2D eigenvalue weighted by molar-refractivity contribution is 14.1. The van der Waals surface area contributed by atoms with Crippen LogP contribution in [0.25, 0.3) is 0 Å². The van der Waals surface area contributed by atoms with Crippen molar-refractivity contribution in [1.82, 2.24) is 10.2 Å². The third kappa shape index (κ3) is 4.24. The van der Waals surface area contributed by atoms with E-state index in [9.17, 15) is 14.4 Å². The molecule has 9 heteroatoms. The number of rotatable bonds is 5. The molecule has 2 amide bonds. The van der Waals surface area contributed by atoms with Gasteiger partial charge in [-0.05, 0) is 6.92 Å². The van der Waals surface area contributed by atoms with Crippen molar-refractivity contribution in [3.8, 4) is 0 Å². The van der Waals surface area contributed by atoms with Crippen LogP contribution in [0.3, 0.4) is 0 Å². The number of alkyl halides is 1. The lowest BCUT2D eigenvalue weighted by Gasteiger charge is -2.47. The summed E-state index contributed by atoms with van der Waals surface area (Å²) in [6.07, 6.45) is 0.371. The van der Waals surface area contributed by atoms with E-state index in [1.807, 2.05) is 43.3 Å². The van der Waals surface area contributed by atoms with Crippen LogP contribution in [0.1, 0.15) is 20.3 Å². The van der Waals surface area contributed by atoms with Gasteiger partial charge >= 0.3 is 5.97 Å². The first-order chi connectivity index (χ1) is 12.8. The molecule has 27 heavy (non-hydrogen) atoms. The molecular weight excluding hydrogens is 483 g/mol. The lowest BCUT2D eigenvalue weighted by atomic mass is 9.89. The molecule has 1 aromatic carbocycles. The van der Waals surface area contributed by atoms with Gasteiger partial charge in [0.05, 0.1) is 16.5 Å². The highest BCUT2D eigenvalue weighted by Crippen LogP contribution is 2.56. The summed E-state index contributed by atoms with van der Waals surface area (Å²) < 4.78 is 9.76. The number of amides is 2. The Morgan fingerprint density at radius 2 is 1.85 bits per heavy atom. The van der Waals surface area contributed by atoms with Crippen LogP contribution in [0.4, 0.5) is 0 Å². The van der Waals surface area contributed by atoms with Crippen LogP contribution in [0.15, 0.2) is 36.4 Å². The van der Waals surface area contributed by atoms with Gasteiger partial charge in [0.25, 0.3) is 0 Å². The summed E-state index contributed by atoms with van der Waals surface area (Å²) in [4.78, 5) is 37.8. The maximum absolute atomic E-state index is 12.6. The minimum atomic E-state index is -1.48. The number of nitrogens with zero attached hydrogens (tertiary/aromatic N) is 1. The van der Waals surface area contributed by atoms with E-state index in [4.69, 9.17) is 9.47 Å². The summed E-state index contributed by atoms with van der Waals surface area (Å²) >= 11 is 3.67. The molecule has 2 fully saturated rings. The number of hydrogen-bond acceptors (Lipinski definition) is 6. The van der Waals surface area contributed by atoms with Crippen LogP contribution in [0.2, 0.25) is 0 Å². The van der Waals surface area contributed by atoms with E-state index in [2.05, 4.69) is 27.9 Å². The van der Waals surface area contributed by atoms with Crippen LogP contribution in [-0.4, -0.2) is 56.8 Å². The number of β-lactam (4-membered cyclic amide) rings is 1. The molecular formula is C18H23IN2O5S. The quantitative estimate of drug-likeness (QED) is 0.217. The van der Waals surface area contributed by atoms with Crippen LogP contribution in [-0.2, 0) is 23.9 Å². The van der Waals surface area contributed by atoms with Crippen molar-refractivity contribution >= 4 is 52.1 Å². The summed E-state index contributed by atoms with van der Waals surface area (Å²) in [6.45, 7) is 2.95. The summed E-state index contributed by atoms with van der Waals surface area (Å²) in [5.74, 6) is -1.22. The van der Waals surface area contributed by atoms with Gasteiger partial charge < -0.3 is 14.8 Å². The number of fused-ring (bicyclic) bond motifs is 1. The van der Waals surface area contributed by atoms with Crippen LogP contribution in [0, 0.1) is 0 Å². The molecule has 2 heterocycles. The predicted molar refractivity (Wildman–Crippen MR) is 111 cm³/mol. The Labute approximate surface area is 176 Å². The van der Waals surface area contributed by atoms with Crippen LogP contribution >= 0.6 is 34.4 Å².